The van der Waals surface area contributed by atoms with Crippen LogP contribution in [-0.4, -0.2) is 36.5 Å². The summed E-state index contributed by atoms with van der Waals surface area (Å²) in [5.41, 5.74) is 1.05. The van der Waals surface area contributed by atoms with Crippen molar-refractivity contribution < 1.29 is 8.42 Å². The monoisotopic (exact) mass is 309 g/mol. The normalized spacial score (nSPS) is 24.5. The topological polar surface area (TPSA) is 62.3 Å². The molecule has 3 rings (SSSR count). The highest BCUT2D eigenvalue weighted by atomic mass is 32.2. The van der Waals surface area contributed by atoms with Crippen LogP contribution in [0.1, 0.15) is 50.1 Å². The number of nitrogens with zero attached hydrogens (tertiary/aromatic N) is 2. The van der Waals surface area contributed by atoms with Crippen molar-refractivity contribution in [2.24, 2.45) is 0 Å². The van der Waals surface area contributed by atoms with E-state index < -0.39 is 10.0 Å². The van der Waals surface area contributed by atoms with E-state index in [0.717, 1.165) is 49.9 Å². The zero-order chi connectivity index (χ0) is 14.9. The lowest BCUT2D eigenvalue weighted by molar-refractivity contribution is 0.389. The smallest absolute Gasteiger partial charge is 0.217 e. The molecule has 1 saturated carbocycles. The maximum absolute atomic E-state index is 12.9. The summed E-state index contributed by atoms with van der Waals surface area (Å²) in [6.07, 6.45) is 7.32. The lowest BCUT2D eigenvalue weighted by Gasteiger charge is -2.27. The van der Waals surface area contributed by atoms with Gasteiger partial charge in [-0.15, -0.1) is 0 Å². The Bertz CT molecular complexity index is 597. The second kappa shape index (κ2) is 5.93. The van der Waals surface area contributed by atoms with E-state index in [0.29, 0.717) is 6.54 Å². The van der Waals surface area contributed by atoms with Crippen molar-refractivity contribution in [1.29, 1.82) is 0 Å². The molecule has 6 heteroatoms. The third-order valence-electron chi connectivity index (χ3n) is 4.68. The average Bonchev–Trinajstić information content (AvgIpc) is 3.18. The van der Waals surface area contributed by atoms with Gasteiger partial charge in [0.15, 0.2) is 0 Å². The van der Waals surface area contributed by atoms with Crippen LogP contribution in [0.25, 0.3) is 0 Å². The van der Waals surface area contributed by atoms with Gasteiger partial charge in [-0.2, -0.15) is 4.31 Å². The molecule has 2 heterocycles. The van der Waals surface area contributed by atoms with Crippen LogP contribution in [-0.2, 0) is 10.0 Å². The minimum atomic E-state index is -3.16. The minimum absolute atomic E-state index is 0.0225. The fraction of sp³-hybridized carbons (Fsp3) is 0.667. The maximum atomic E-state index is 12.9. The summed E-state index contributed by atoms with van der Waals surface area (Å²) in [4.78, 5) is 4.21. The molecule has 1 aliphatic heterocycles. The molecule has 116 valence electrons. The number of sulfonamides is 1. The van der Waals surface area contributed by atoms with E-state index in [-0.39, 0.29) is 11.3 Å². The van der Waals surface area contributed by atoms with Crippen LogP contribution in [0.15, 0.2) is 18.3 Å². The first kappa shape index (κ1) is 14.8. The van der Waals surface area contributed by atoms with Crippen molar-refractivity contribution in [3.8, 4) is 0 Å². The molecule has 0 unspecified atom stereocenters. The first-order chi connectivity index (χ1) is 10.1. The first-order valence-electron chi connectivity index (χ1n) is 7.77. The van der Waals surface area contributed by atoms with Crippen LogP contribution < -0.4 is 5.32 Å². The summed E-state index contributed by atoms with van der Waals surface area (Å²) in [7, 11) is -1.34. The zero-order valence-electron chi connectivity index (χ0n) is 12.5. The molecule has 1 saturated heterocycles. The number of hydrogen-bond donors (Lipinski definition) is 1. The van der Waals surface area contributed by atoms with Crippen LogP contribution in [0.2, 0.25) is 0 Å². The summed E-state index contributed by atoms with van der Waals surface area (Å²) in [5.74, 6) is 0.789. The van der Waals surface area contributed by atoms with Crippen molar-refractivity contribution in [2.45, 2.75) is 49.8 Å². The van der Waals surface area contributed by atoms with Gasteiger partial charge in [0.2, 0.25) is 10.0 Å². The second-order valence-corrected chi connectivity index (χ2v) is 8.11. The van der Waals surface area contributed by atoms with E-state index in [1.807, 2.05) is 19.2 Å². The SMILES string of the molecule is CNc1cc([C@H]2CCCN2S(=O)(=O)C2CCCC2)ccn1. The first-order valence-corrected chi connectivity index (χ1v) is 9.27. The Kier molecular flexibility index (Phi) is 4.17. The van der Waals surface area contributed by atoms with Gasteiger partial charge in [0.05, 0.1) is 5.25 Å². The summed E-state index contributed by atoms with van der Waals surface area (Å²) >= 11 is 0. The van der Waals surface area contributed by atoms with E-state index in [1.54, 1.807) is 10.5 Å². The second-order valence-electron chi connectivity index (χ2n) is 5.94. The van der Waals surface area contributed by atoms with Crippen molar-refractivity contribution in [2.75, 3.05) is 18.9 Å². The minimum Gasteiger partial charge on any atom is -0.373 e. The standard InChI is InChI=1S/C15H23N3O2S/c1-16-15-11-12(8-9-17-15)14-7-4-10-18(14)21(19,20)13-5-2-3-6-13/h8-9,11,13-14H,2-7,10H2,1H3,(H,16,17)/t14-/m1/s1. The number of pyridine rings is 1. The molecule has 0 aromatic carbocycles. The molecule has 1 aromatic heterocycles. The van der Waals surface area contributed by atoms with Gasteiger partial charge in [0.1, 0.15) is 5.82 Å². The molecule has 1 N–H and O–H groups in total. The lowest BCUT2D eigenvalue weighted by Crippen LogP contribution is -2.37. The number of nitrogens with one attached hydrogen (secondary N) is 1. The zero-order valence-corrected chi connectivity index (χ0v) is 13.3. The molecule has 1 aliphatic carbocycles. The van der Waals surface area contributed by atoms with Gasteiger partial charge in [-0.1, -0.05) is 12.8 Å². The molecule has 1 atom stereocenters. The van der Waals surface area contributed by atoms with Crippen molar-refractivity contribution in [3.05, 3.63) is 23.9 Å². The third kappa shape index (κ3) is 2.79. The highest BCUT2D eigenvalue weighted by Crippen LogP contribution is 2.38. The van der Waals surface area contributed by atoms with Gasteiger partial charge in [-0.05, 0) is 43.4 Å². The largest absolute Gasteiger partial charge is 0.373 e. The molecule has 0 bridgehead atoms. The Hall–Kier alpha value is -1.14. The van der Waals surface area contributed by atoms with Gasteiger partial charge < -0.3 is 5.32 Å². The van der Waals surface area contributed by atoms with E-state index in [9.17, 15) is 8.42 Å². The Labute approximate surface area is 126 Å². The predicted molar refractivity (Wildman–Crippen MR) is 83.6 cm³/mol. The molecule has 0 spiro atoms. The predicted octanol–water partition coefficient (Wildman–Crippen LogP) is 2.53. The van der Waals surface area contributed by atoms with Gasteiger partial charge in [0, 0.05) is 25.8 Å². The van der Waals surface area contributed by atoms with Gasteiger partial charge in [0.25, 0.3) is 0 Å². The quantitative estimate of drug-likeness (QED) is 0.928. The fourth-order valence-corrected chi connectivity index (χ4v) is 5.82. The van der Waals surface area contributed by atoms with E-state index in [2.05, 4.69) is 10.3 Å². The van der Waals surface area contributed by atoms with Crippen LogP contribution in [0.4, 0.5) is 5.82 Å². The number of anilines is 1. The molecule has 2 aliphatic rings. The van der Waals surface area contributed by atoms with Crippen molar-refractivity contribution in [1.82, 2.24) is 9.29 Å². The fourth-order valence-electron chi connectivity index (χ4n) is 3.55. The van der Waals surface area contributed by atoms with Crippen LogP contribution >= 0.6 is 0 Å². The Morgan fingerprint density at radius 2 is 2.00 bits per heavy atom. The number of hydrogen-bond acceptors (Lipinski definition) is 4. The van der Waals surface area contributed by atoms with Crippen molar-refractivity contribution in [3.63, 3.8) is 0 Å². The summed E-state index contributed by atoms with van der Waals surface area (Å²) in [6, 6.07) is 3.88. The molecule has 21 heavy (non-hydrogen) atoms. The van der Waals surface area contributed by atoms with Crippen LogP contribution in [0.3, 0.4) is 0 Å². The van der Waals surface area contributed by atoms with Gasteiger partial charge in [-0.25, -0.2) is 13.4 Å². The van der Waals surface area contributed by atoms with E-state index in [1.165, 1.54) is 0 Å². The highest BCUT2D eigenvalue weighted by Gasteiger charge is 2.40. The summed E-state index contributed by atoms with van der Waals surface area (Å²) in [6.45, 7) is 0.653. The van der Waals surface area contributed by atoms with Gasteiger partial charge >= 0.3 is 0 Å². The molecular formula is C15H23N3O2S. The highest BCUT2D eigenvalue weighted by molar-refractivity contribution is 7.89. The summed E-state index contributed by atoms with van der Waals surface area (Å²) < 4.78 is 27.5. The maximum Gasteiger partial charge on any atom is 0.217 e. The van der Waals surface area contributed by atoms with Gasteiger partial charge in [-0.3, -0.25) is 0 Å². The van der Waals surface area contributed by atoms with Crippen LogP contribution in [0, 0.1) is 0 Å². The van der Waals surface area contributed by atoms with E-state index in [4.69, 9.17) is 0 Å². The van der Waals surface area contributed by atoms with E-state index >= 15 is 0 Å². The average molecular weight is 309 g/mol. The Morgan fingerprint density at radius 1 is 1.24 bits per heavy atom. The Morgan fingerprint density at radius 3 is 2.71 bits per heavy atom. The number of aromatic nitrogens is 1. The molecule has 2 fully saturated rings. The molecule has 0 radical (unpaired) electrons. The lowest BCUT2D eigenvalue weighted by atomic mass is 10.1. The molecule has 1 aromatic rings. The molecule has 5 nitrogen and oxygen atoms in total. The molecular weight excluding hydrogens is 286 g/mol. The summed E-state index contributed by atoms with van der Waals surface area (Å²) in [5, 5.41) is 2.86. The van der Waals surface area contributed by atoms with Crippen LogP contribution in [0.5, 0.6) is 0 Å². The Balaban J connectivity index is 1.88. The van der Waals surface area contributed by atoms with Crippen molar-refractivity contribution >= 4 is 15.8 Å². The third-order valence-corrected chi connectivity index (χ3v) is 7.08. The number of rotatable bonds is 4. The molecule has 0 amide bonds.